The van der Waals surface area contributed by atoms with Crippen LogP contribution in [0.5, 0.6) is 0 Å². The average Bonchev–Trinajstić information content (AvgIpc) is 2.53. The first-order valence-corrected chi connectivity index (χ1v) is 5.01. The third kappa shape index (κ3) is 2.42. The fourth-order valence-corrected chi connectivity index (χ4v) is 1.93. The van der Waals surface area contributed by atoms with Gasteiger partial charge in [-0.3, -0.25) is 4.79 Å². The first-order chi connectivity index (χ1) is 6.34. The summed E-state index contributed by atoms with van der Waals surface area (Å²) >= 11 is 0. The van der Waals surface area contributed by atoms with Crippen molar-refractivity contribution in [3.05, 3.63) is 0 Å². The van der Waals surface area contributed by atoms with Crippen molar-refractivity contribution in [3.8, 4) is 0 Å². The number of nitrogens with one attached hydrogen (secondary N) is 1. The summed E-state index contributed by atoms with van der Waals surface area (Å²) in [4.78, 5) is 15.9. The van der Waals surface area contributed by atoms with Gasteiger partial charge in [0.25, 0.3) is 0 Å². The topological polar surface area (TPSA) is 41.6 Å². The summed E-state index contributed by atoms with van der Waals surface area (Å²) in [6.45, 7) is 3.91. The maximum atomic E-state index is 10.8. The van der Waals surface area contributed by atoms with Gasteiger partial charge in [0.1, 0.15) is 0 Å². The van der Waals surface area contributed by atoms with E-state index in [1.165, 1.54) is 12.8 Å². The molecule has 0 radical (unpaired) electrons. The zero-order chi connectivity index (χ0) is 9.10. The Bertz CT molecular complexity index is 190. The van der Waals surface area contributed by atoms with Crippen LogP contribution in [0, 0.1) is 5.92 Å². The van der Waals surface area contributed by atoms with Gasteiger partial charge in [0, 0.05) is 13.1 Å². The lowest BCUT2D eigenvalue weighted by molar-refractivity contribution is -0.172. The Kier molecular flexibility index (Phi) is 2.80. The molecule has 0 amide bonds. The number of piperidine rings is 1. The Morgan fingerprint density at radius 3 is 2.85 bits per heavy atom. The first-order valence-electron chi connectivity index (χ1n) is 5.01. The molecule has 2 heterocycles. The molecule has 0 aromatic carbocycles. The maximum absolute atomic E-state index is 10.8. The van der Waals surface area contributed by atoms with Crippen molar-refractivity contribution < 1.29 is 9.63 Å². The summed E-state index contributed by atoms with van der Waals surface area (Å²) in [6.07, 6.45) is 2.97. The summed E-state index contributed by atoms with van der Waals surface area (Å²) in [5.41, 5.74) is 0. The van der Waals surface area contributed by atoms with Crippen LogP contribution in [0.3, 0.4) is 0 Å². The number of hydrogen-bond donors (Lipinski definition) is 1. The lowest BCUT2D eigenvalue weighted by Crippen LogP contribution is -2.34. The van der Waals surface area contributed by atoms with Crippen molar-refractivity contribution in [2.75, 3.05) is 26.2 Å². The zero-order valence-corrected chi connectivity index (χ0v) is 7.79. The van der Waals surface area contributed by atoms with Crippen molar-refractivity contribution in [1.29, 1.82) is 0 Å². The molecule has 0 aliphatic carbocycles. The molecule has 4 nitrogen and oxygen atoms in total. The van der Waals surface area contributed by atoms with E-state index in [9.17, 15) is 4.79 Å². The molecule has 0 bridgehead atoms. The molecule has 2 fully saturated rings. The van der Waals surface area contributed by atoms with Crippen LogP contribution in [-0.4, -0.2) is 37.2 Å². The van der Waals surface area contributed by atoms with Gasteiger partial charge in [-0.1, -0.05) is 0 Å². The minimum Gasteiger partial charge on any atom is -0.368 e. The molecule has 0 saturated carbocycles. The number of rotatable bonds is 2. The molecular formula is C9H16N2O2. The number of nitrogens with zero attached hydrogens (tertiary/aromatic N) is 1. The Morgan fingerprint density at radius 1 is 1.46 bits per heavy atom. The zero-order valence-electron chi connectivity index (χ0n) is 7.79. The maximum Gasteiger partial charge on any atom is 0.326 e. The van der Waals surface area contributed by atoms with E-state index >= 15 is 0 Å². The third-order valence-electron chi connectivity index (χ3n) is 2.72. The van der Waals surface area contributed by atoms with E-state index in [0.29, 0.717) is 12.3 Å². The fraction of sp³-hybridized carbons (Fsp3) is 0.889. The second kappa shape index (κ2) is 4.07. The van der Waals surface area contributed by atoms with Gasteiger partial charge in [0.05, 0.1) is 6.42 Å². The minimum absolute atomic E-state index is 0.0751. The van der Waals surface area contributed by atoms with E-state index in [4.69, 9.17) is 4.84 Å². The second-order valence-electron chi connectivity index (χ2n) is 3.79. The van der Waals surface area contributed by atoms with Gasteiger partial charge in [-0.25, -0.2) is 0 Å². The molecule has 2 rings (SSSR count). The van der Waals surface area contributed by atoms with Gasteiger partial charge in [0.2, 0.25) is 0 Å². The number of carbonyl (C=O) groups is 1. The highest BCUT2D eigenvalue weighted by Crippen LogP contribution is 2.16. The van der Waals surface area contributed by atoms with Gasteiger partial charge >= 0.3 is 5.97 Å². The van der Waals surface area contributed by atoms with Crippen LogP contribution >= 0.6 is 0 Å². The summed E-state index contributed by atoms with van der Waals surface area (Å²) in [7, 11) is 0. The molecule has 2 aliphatic rings. The summed E-state index contributed by atoms with van der Waals surface area (Å²) < 4.78 is 0. The second-order valence-corrected chi connectivity index (χ2v) is 3.79. The molecule has 4 heteroatoms. The van der Waals surface area contributed by atoms with Crippen LogP contribution in [0.15, 0.2) is 0 Å². The molecule has 0 aromatic heterocycles. The van der Waals surface area contributed by atoms with Crippen molar-refractivity contribution in [3.63, 3.8) is 0 Å². The Balaban J connectivity index is 1.73. The fourth-order valence-electron chi connectivity index (χ4n) is 1.93. The van der Waals surface area contributed by atoms with E-state index in [1.54, 1.807) is 0 Å². The van der Waals surface area contributed by atoms with E-state index in [2.05, 4.69) is 5.32 Å². The molecule has 0 spiro atoms. The SMILES string of the molecule is O=C1CCN(CC2CCNCC2)O1. The van der Waals surface area contributed by atoms with Gasteiger partial charge in [-0.2, -0.15) is 0 Å². The predicted octanol–water partition coefficient (Wildman–Crippen LogP) is 0.150. The van der Waals surface area contributed by atoms with Gasteiger partial charge in [0.15, 0.2) is 0 Å². The Hall–Kier alpha value is -0.610. The van der Waals surface area contributed by atoms with Gasteiger partial charge in [-0.05, 0) is 31.8 Å². The lowest BCUT2D eigenvalue weighted by Gasteiger charge is -2.25. The first kappa shape index (κ1) is 8.97. The molecule has 1 N–H and O–H groups in total. The van der Waals surface area contributed by atoms with Crippen LogP contribution < -0.4 is 5.32 Å². The quantitative estimate of drug-likeness (QED) is 0.663. The highest BCUT2D eigenvalue weighted by atomic mass is 16.7. The van der Waals surface area contributed by atoms with Crippen molar-refractivity contribution in [1.82, 2.24) is 10.4 Å². The van der Waals surface area contributed by atoms with E-state index < -0.39 is 0 Å². The van der Waals surface area contributed by atoms with Gasteiger partial charge < -0.3 is 10.2 Å². The Labute approximate surface area is 78.2 Å². The summed E-state index contributed by atoms with van der Waals surface area (Å²) in [6, 6.07) is 0. The smallest absolute Gasteiger partial charge is 0.326 e. The molecule has 13 heavy (non-hydrogen) atoms. The normalized spacial score (nSPS) is 26.3. The largest absolute Gasteiger partial charge is 0.368 e. The molecule has 74 valence electrons. The van der Waals surface area contributed by atoms with Crippen LogP contribution in [0.1, 0.15) is 19.3 Å². The molecule has 0 aromatic rings. The molecule has 2 aliphatic heterocycles. The van der Waals surface area contributed by atoms with Crippen LogP contribution in [0.2, 0.25) is 0 Å². The van der Waals surface area contributed by atoms with E-state index in [0.717, 1.165) is 26.2 Å². The molecule has 0 unspecified atom stereocenters. The van der Waals surface area contributed by atoms with Crippen molar-refractivity contribution >= 4 is 5.97 Å². The van der Waals surface area contributed by atoms with Crippen LogP contribution in [0.4, 0.5) is 0 Å². The molecule has 0 atom stereocenters. The minimum atomic E-state index is -0.0751. The molecule has 2 saturated heterocycles. The highest BCUT2D eigenvalue weighted by Gasteiger charge is 2.24. The van der Waals surface area contributed by atoms with Gasteiger partial charge in [-0.15, -0.1) is 5.06 Å². The van der Waals surface area contributed by atoms with Crippen LogP contribution in [-0.2, 0) is 9.63 Å². The standard InChI is InChI=1S/C9H16N2O2/c12-9-3-6-11(13-9)7-8-1-4-10-5-2-8/h8,10H,1-7H2. The van der Waals surface area contributed by atoms with Crippen molar-refractivity contribution in [2.24, 2.45) is 5.92 Å². The van der Waals surface area contributed by atoms with E-state index in [-0.39, 0.29) is 5.97 Å². The highest BCUT2D eigenvalue weighted by molar-refractivity contribution is 5.70. The summed E-state index contributed by atoms with van der Waals surface area (Å²) in [5, 5.41) is 5.14. The number of hydrogen-bond acceptors (Lipinski definition) is 4. The van der Waals surface area contributed by atoms with Crippen LogP contribution in [0.25, 0.3) is 0 Å². The van der Waals surface area contributed by atoms with E-state index in [1.807, 2.05) is 5.06 Å². The molecular weight excluding hydrogens is 168 g/mol. The monoisotopic (exact) mass is 184 g/mol. The lowest BCUT2D eigenvalue weighted by atomic mass is 9.98. The van der Waals surface area contributed by atoms with Crippen molar-refractivity contribution in [2.45, 2.75) is 19.3 Å². The number of hydroxylamine groups is 2. The summed E-state index contributed by atoms with van der Waals surface area (Å²) in [5.74, 6) is 0.626. The third-order valence-corrected chi connectivity index (χ3v) is 2.72. The predicted molar refractivity (Wildman–Crippen MR) is 47.9 cm³/mol. The average molecular weight is 184 g/mol. The number of carbonyl (C=O) groups excluding carboxylic acids is 1. The Morgan fingerprint density at radius 2 is 2.23 bits per heavy atom.